The van der Waals surface area contributed by atoms with Crippen LogP contribution in [0.2, 0.25) is 0 Å². The van der Waals surface area contributed by atoms with Crippen LogP contribution in [0.3, 0.4) is 0 Å². The Kier molecular flexibility index (Phi) is 8.47. The molecule has 0 N–H and O–H groups in total. The van der Waals surface area contributed by atoms with Gasteiger partial charge in [-0.15, -0.1) is 0 Å². The van der Waals surface area contributed by atoms with Gasteiger partial charge in [0.05, 0.1) is 16.9 Å². The molecule has 3 aromatic rings. The second-order valence-electron chi connectivity index (χ2n) is 9.74. The maximum Gasteiger partial charge on any atom is 0.346 e. The van der Waals surface area contributed by atoms with E-state index in [1.807, 2.05) is 55.4 Å². The molecule has 0 bridgehead atoms. The molecule has 0 radical (unpaired) electrons. The van der Waals surface area contributed by atoms with Crippen molar-refractivity contribution in [3.05, 3.63) is 83.7 Å². The Labute approximate surface area is 213 Å². The van der Waals surface area contributed by atoms with Crippen molar-refractivity contribution in [1.82, 2.24) is 0 Å². The monoisotopic (exact) mass is 487 g/mol. The first-order chi connectivity index (χ1) is 17.4. The second-order valence-corrected chi connectivity index (χ2v) is 9.74. The smallest absolute Gasteiger partial charge is 0.346 e. The van der Waals surface area contributed by atoms with Crippen molar-refractivity contribution in [2.24, 2.45) is 16.1 Å². The number of anilines is 1. The number of carbonyl (C=O) groups is 1. The molecule has 0 amide bonds. The Balaban J connectivity index is 1.34. The highest BCUT2D eigenvalue weighted by molar-refractivity contribution is 5.91. The summed E-state index contributed by atoms with van der Waals surface area (Å²) in [5, 5.41) is 8.23. The third-order valence-corrected chi connectivity index (χ3v) is 6.93. The average molecular weight is 488 g/mol. The van der Waals surface area contributed by atoms with Crippen LogP contribution >= 0.6 is 0 Å². The lowest BCUT2D eigenvalue weighted by molar-refractivity contribution is 0.0730. The fourth-order valence-electron chi connectivity index (χ4n) is 4.83. The SMILES string of the molecule is CCCC1CCC(c2ccc(OC(=O)c3ccc(N=Nc4ccc(N(C)C)cc4)cc3F)cc2)CC1. The van der Waals surface area contributed by atoms with E-state index < -0.39 is 11.8 Å². The highest BCUT2D eigenvalue weighted by Gasteiger charge is 2.22. The molecule has 1 aliphatic carbocycles. The Hall–Kier alpha value is -3.54. The molecule has 0 atom stereocenters. The maximum absolute atomic E-state index is 14.7. The van der Waals surface area contributed by atoms with Crippen molar-refractivity contribution in [3.8, 4) is 5.75 Å². The Morgan fingerprint density at radius 2 is 1.56 bits per heavy atom. The third kappa shape index (κ3) is 6.56. The lowest BCUT2D eigenvalue weighted by atomic mass is 9.77. The molecular weight excluding hydrogens is 453 g/mol. The molecule has 6 heteroatoms. The summed E-state index contributed by atoms with van der Waals surface area (Å²) in [4.78, 5) is 14.6. The highest BCUT2D eigenvalue weighted by Crippen LogP contribution is 2.38. The number of nitrogens with zero attached hydrogens (tertiary/aromatic N) is 3. The van der Waals surface area contributed by atoms with E-state index in [-0.39, 0.29) is 5.56 Å². The first-order valence-electron chi connectivity index (χ1n) is 12.7. The van der Waals surface area contributed by atoms with Gasteiger partial charge in [-0.25, -0.2) is 9.18 Å². The predicted molar refractivity (Wildman–Crippen MR) is 142 cm³/mol. The number of esters is 1. The Bertz CT molecular complexity index is 1180. The minimum absolute atomic E-state index is 0.136. The zero-order valence-corrected chi connectivity index (χ0v) is 21.3. The number of hydrogen-bond donors (Lipinski definition) is 0. The van der Waals surface area contributed by atoms with Crippen LogP contribution in [0.15, 0.2) is 77.0 Å². The highest BCUT2D eigenvalue weighted by atomic mass is 19.1. The fraction of sp³-hybridized carbons (Fsp3) is 0.367. The summed E-state index contributed by atoms with van der Waals surface area (Å²) in [6, 6.07) is 19.3. The van der Waals surface area contributed by atoms with E-state index in [1.54, 1.807) is 18.2 Å². The van der Waals surface area contributed by atoms with Gasteiger partial charge in [0.1, 0.15) is 11.6 Å². The minimum atomic E-state index is -0.733. The number of carbonyl (C=O) groups excluding carboxylic acids is 1. The molecule has 5 nitrogen and oxygen atoms in total. The van der Waals surface area contributed by atoms with E-state index in [9.17, 15) is 9.18 Å². The first kappa shape index (κ1) is 25.5. The Morgan fingerprint density at radius 1 is 0.917 bits per heavy atom. The molecule has 0 aromatic heterocycles. The molecule has 0 spiro atoms. The number of rotatable bonds is 8. The van der Waals surface area contributed by atoms with Gasteiger partial charge < -0.3 is 9.64 Å². The number of halogens is 1. The van der Waals surface area contributed by atoms with Crippen LogP contribution in [0, 0.1) is 11.7 Å². The van der Waals surface area contributed by atoms with Crippen LogP contribution in [0.1, 0.15) is 67.3 Å². The van der Waals surface area contributed by atoms with Crippen LogP contribution in [0.4, 0.5) is 21.5 Å². The van der Waals surface area contributed by atoms with Crippen LogP contribution < -0.4 is 9.64 Å². The third-order valence-electron chi connectivity index (χ3n) is 6.93. The van der Waals surface area contributed by atoms with Gasteiger partial charge in [-0.3, -0.25) is 0 Å². The van der Waals surface area contributed by atoms with E-state index in [1.165, 1.54) is 56.2 Å². The molecule has 188 valence electrons. The summed E-state index contributed by atoms with van der Waals surface area (Å²) in [6.45, 7) is 2.25. The molecule has 1 saturated carbocycles. The summed E-state index contributed by atoms with van der Waals surface area (Å²) < 4.78 is 20.1. The summed E-state index contributed by atoms with van der Waals surface area (Å²) >= 11 is 0. The fourth-order valence-corrected chi connectivity index (χ4v) is 4.83. The van der Waals surface area contributed by atoms with Gasteiger partial charge in [0.25, 0.3) is 0 Å². The predicted octanol–water partition coefficient (Wildman–Crippen LogP) is 8.60. The van der Waals surface area contributed by atoms with Crippen molar-refractivity contribution in [3.63, 3.8) is 0 Å². The minimum Gasteiger partial charge on any atom is -0.423 e. The quantitative estimate of drug-likeness (QED) is 0.182. The van der Waals surface area contributed by atoms with Crippen LogP contribution in [0.25, 0.3) is 0 Å². The first-order valence-corrected chi connectivity index (χ1v) is 12.7. The maximum atomic E-state index is 14.7. The molecule has 36 heavy (non-hydrogen) atoms. The normalized spacial score (nSPS) is 17.8. The van der Waals surface area contributed by atoms with Crippen molar-refractivity contribution >= 4 is 23.0 Å². The van der Waals surface area contributed by atoms with Crippen molar-refractivity contribution in [2.75, 3.05) is 19.0 Å². The summed E-state index contributed by atoms with van der Waals surface area (Å²) in [7, 11) is 3.92. The van der Waals surface area contributed by atoms with Gasteiger partial charge in [-0.05, 0) is 91.6 Å². The lowest BCUT2D eigenvalue weighted by Gasteiger charge is -2.28. The number of azo groups is 1. The van der Waals surface area contributed by atoms with Crippen LogP contribution in [0.5, 0.6) is 5.75 Å². The van der Waals surface area contributed by atoms with Crippen LogP contribution in [-0.2, 0) is 0 Å². The molecular formula is C30H34FN3O2. The van der Waals surface area contributed by atoms with Gasteiger partial charge >= 0.3 is 5.97 Å². The molecule has 4 rings (SSSR count). The molecule has 1 aliphatic rings. The van der Waals surface area contributed by atoms with E-state index in [0.717, 1.165) is 11.6 Å². The zero-order chi connectivity index (χ0) is 25.5. The van der Waals surface area contributed by atoms with E-state index in [4.69, 9.17) is 4.74 Å². The molecule has 1 fully saturated rings. The standard InChI is InChI=1S/C30H34FN3O2/c1-4-5-21-6-8-22(9-7-21)23-10-17-27(18-11-23)36-30(35)28-19-14-25(20-29(28)31)33-32-24-12-15-26(16-13-24)34(2)3/h10-22H,4-9H2,1-3H3. The molecule has 0 heterocycles. The van der Waals surface area contributed by atoms with E-state index in [2.05, 4.69) is 17.2 Å². The second kappa shape index (κ2) is 11.9. The molecule has 0 saturated heterocycles. The van der Waals surface area contributed by atoms with Crippen molar-refractivity contribution in [1.29, 1.82) is 0 Å². The van der Waals surface area contributed by atoms with Gasteiger partial charge in [-0.2, -0.15) is 10.2 Å². The van der Waals surface area contributed by atoms with E-state index >= 15 is 0 Å². The Morgan fingerprint density at radius 3 is 2.17 bits per heavy atom. The average Bonchev–Trinajstić information content (AvgIpc) is 2.89. The van der Waals surface area contributed by atoms with Crippen molar-refractivity contribution < 1.29 is 13.9 Å². The summed E-state index contributed by atoms with van der Waals surface area (Å²) in [5.41, 5.74) is 3.16. The van der Waals surface area contributed by atoms with Crippen molar-refractivity contribution in [2.45, 2.75) is 51.4 Å². The molecule has 0 aliphatic heterocycles. The summed E-state index contributed by atoms with van der Waals surface area (Å²) in [6.07, 6.45) is 7.57. The summed E-state index contributed by atoms with van der Waals surface area (Å²) in [5.74, 6) is 0.410. The van der Waals surface area contributed by atoms with Gasteiger partial charge in [-0.1, -0.05) is 31.9 Å². The molecule has 3 aromatic carbocycles. The topological polar surface area (TPSA) is 54.3 Å². The molecule has 0 unspecified atom stereocenters. The van der Waals surface area contributed by atoms with Gasteiger partial charge in [0.2, 0.25) is 0 Å². The number of benzene rings is 3. The van der Waals surface area contributed by atoms with Gasteiger partial charge in [0.15, 0.2) is 0 Å². The largest absolute Gasteiger partial charge is 0.423 e. The number of ether oxygens (including phenoxy) is 1. The number of hydrogen-bond acceptors (Lipinski definition) is 5. The lowest BCUT2D eigenvalue weighted by Crippen LogP contribution is -2.13. The zero-order valence-electron chi connectivity index (χ0n) is 21.3. The van der Waals surface area contributed by atoms with Gasteiger partial charge in [0, 0.05) is 25.8 Å². The van der Waals surface area contributed by atoms with Crippen LogP contribution in [-0.4, -0.2) is 20.1 Å². The van der Waals surface area contributed by atoms with E-state index in [0.29, 0.717) is 23.0 Å².